The van der Waals surface area contributed by atoms with Crippen LogP contribution in [0.25, 0.3) is 0 Å². The SMILES string of the molecule is O=C1N(CC2CCCO2)C(=S)NC1(c1ccccc1)c1cccc(Br)c1. The third kappa shape index (κ3) is 2.96. The molecule has 2 heterocycles. The van der Waals surface area contributed by atoms with E-state index in [1.807, 2.05) is 54.6 Å². The van der Waals surface area contributed by atoms with Gasteiger partial charge < -0.3 is 10.1 Å². The first-order chi connectivity index (χ1) is 12.6. The van der Waals surface area contributed by atoms with Gasteiger partial charge >= 0.3 is 0 Å². The van der Waals surface area contributed by atoms with Gasteiger partial charge in [-0.05, 0) is 48.3 Å². The minimum atomic E-state index is -1.01. The third-order valence-corrected chi connectivity index (χ3v) is 5.80. The second-order valence-corrected chi connectivity index (χ2v) is 7.91. The summed E-state index contributed by atoms with van der Waals surface area (Å²) in [5, 5.41) is 3.79. The minimum Gasteiger partial charge on any atom is -0.376 e. The highest BCUT2D eigenvalue weighted by atomic mass is 79.9. The van der Waals surface area contributed by atoms with Gasteiger partial charge in [0.15, 0.2) is 10.7 Å². The van der Waals surface area contributed by atoms with Crippen LogP contribution < -0.4 is 5.32 Å². The average Bonchev–Trinajstić information content (AvgIpc) is 3.25. The lowest BCUT2D eigenvalue weighted by Gasteiger charge is -2.29. The number of nitrogens with one attached hydrogen (secondary N) is 1. The van der Waals surface area contributed by atoms with Crippen molar-refractivity contribution in [1.29, 1.82) is 0 Å². The van der Waals surface area contributed by atoms with E-state index in [4.69, 9.17) is 17.0 Å². The molecule has 2 aliphatic heterocycles. The van der Waals surface area contributed by atoms with E-state index in [0.29, 0.717) is 11.7 Å². The smallest absolute Gasteiger partial charge is 0.263 e. The molecule has 0 aliphatic carbocycles. The highest BCUT2D eigenvalue weighted by Crippen LogP contribution is 2.37. The molecular weight excluding hydrogens is 412 g/mol. The summed E-state index contributed by atoms with van der Waals surface area (Å²) < 4.78 is 6.64. The maximum atomic E-state index is 13.6. The first kappa shape index (κ1) is 17.6. The monoisotopic (exact) mass is 430 g/mol. The van der Waals surface area contributed by atoms with Gasteiger partial charge in [-0.2, -0.15) is 0 Å². The molecule has 0 spiro atoms. The number of carbonyl (C=O) groups excluding carboxylic acids is 1. The van der Waals surface area contributed by atoms with Crippen molar-refractivity contribution >= 4 is 39.2 Å². The largest absolute Gasteiger partial charge is 0.376 e. The number of nitrogens with zero attached hydrogens (tertiary/aromatic N) is 1. The van der Waals surface area contributed by atoms with Crippen LogP contribution in [0.3, 0.4) is 0 Å². The van der Waals surface area contributed by atoms with Crippen molar-refractivity contribution in [3.05, 3.63) is 70.2 Å². The molecular formula is C20H19BrN2O2S. The van der Waals surface area contributed by atoms with E-state index >= 15 is 0 Å². The molecule has 0 saturated carbocycles. The Morgan fingerprint density at radius 2 is 1.96 bits per heavy atom. The van der Waals surface area contributed by atoms with Crippen molar-refractivity contribution < 1.29 is 9.53 Å². The van der Waals surface area contributed by atoms with Gasteiger partial charge in [-0.3, -0.25) is 9.69 Å². The summed E-state index contributed by atoms with van der Waals surface area (Å²) in [5.41, 5.74) is 0.723. The molecule has 1 N–H and O–H groups in total. The van der Waals surface area contributed by atoms with Crippen LogP contribution in [0.1, 0.15) is 24.0 Å². The van der Waals surface area contributed by atoms with Crippen LogP contribution >= 0.6 is 28.1 Å². The van der Waals surface area contributed by atoms with Gasteiger partial charge in [-0.15, -0.1) is 0 Å². The van der Waals surface area contributed by atoms with Crippen LogP contribution in [0.4, 0.5) is 0 Å². The zero-order valence-electron chi connectivity index (χ0n) is 14.2. The van der Waals surface area contributed by atoms with E-state index in [9.17, 15) is 4.79 Å². The molecule has 2 saturated heterocycles. The summed E-state index contributed by atoms with van der Waals surface area (Å²) in [6.45, 7) is 1.25. The molecule has 2 aromatic rings. The van der Waals surface area contributed by atoms with Crippen LogP contribution in [-0.2, 0) is 15.1 Å². The highest BCUT2D eigenvalue weighted by Gasteiger charge is 2.52. The molecule has 4 nitrogen and oxygen atoms in total. The highest BCUT2D eigenvalue weighted by molar-refractivity contribution is 9.10. The summed E-state index contributed by atoms with van der Waals surface area (Å²) in [4.78, 5) is 15.3. The lowest BCUT2D eigenvalue weighted by Crippen LogP contribution is -2.45. The summed E-state index contributed by atoms with van der Waals surface area (Å²) in [6.07, 6.45) is 2.04. The van der Waals surface area contributed by atoms with Crippen LogP contribution in [0.15, 0.2) is 59.1 Å². The molecule has 2 aromatic carbocycles. The van der Waals surface area contributed by atoms with E-state index in [2.05, 4.69) is 21.2 Å². The molecule has 0 aromatic heterocycles. The first-order valence-corrected chi connectivity index (χ1v) is 9.88. The molecule has 1 amide bonds. The van der Waals surface area contributed by atoms with Gasteiger partial charge in [0.2, 0.25) is 0 Å². The van der Waals surface area contributed by atoms with Crippen LogP contribution in [0.5, 0.6) is 0 Å². The van der Waals surface area contributed by atoms with Crippen LogP contribution in [-0.4, -0.2) is 35.2 Å². The second-order valence-electron chi connectivity index (χ2n) is 6.61. The summed E-state index contributed by atoms with van der Waals surface area (Å²) >= 11 is 9.08. The standard InChI is InChI=1S/C20H19BrN2O2S/c21-16-9-4-8-15(12-16)20(14-6-2-1-3-7-14)18(24)23(19(26)22-20)13-17-10-5-11-25-17/h1-4,6-9,12,17H,5,10-11,13H2,(H,22,26). The molecule has 134 valence electrons. The van der Waals surface area contributed by atoms with Crippen LogP contribution in [0.2, 0.25) is 0 Å². The molecule has 0 bridgehead atoms. The molecule has 4 rings (SSSR count). The number of thiocarbonyl (C=S) groups is 1. The first-order valence-electron chi connectivity index (χ1n) is 8.68. The number of hydrogen-bond donors (Lipinski definition) is 1. The topological polar surface area (TPSA) is 41.6 Å². The van der Waals surface area contributed by atoms with E-state index in [-0.39, 0.29) is 12.0 Å². The summed E-state index contributed by atoms with van der Waals surface area (Å²) in [7, 11) is 0. The second kappa shape index (κ2) is 7.10. The average molecular weight is 431 g/mol. The van der Waals surface area contributed by atoms with Crippen molar-refractivity contribution in [2.45, 2.75) is 24.5 Å². The number of carbonyl (C=O) groups is 1. The van der Waals surface area contributed by atoms with Gasteiger partial charge in [0.25, 0.3) is 5.91 Å². The minimum absolute atomic E-state index is 0.0489. The van der Waals surface area contributed by atoms with Crippen molar-refractivity contribution in [3.8, 4) is 0 Å². The quantitative estimate of drug-likeness (QED) is 0.752. The Bertz CT molecular complexity index is 839. The van der Waals surface area contributed by atoms with E-state index in [1.54, 1.807) is 4.90 Å². The molecule has 0 radical (unpaired) electrons. The van der Waals surface area contributed by atoms with E-state index in [1.165, 1.54) is 0 Å². The Morgan fingerprint density at radius 1 is 1.19 bits per heavy atom. The van der Waals surface area contributed by atoms with Gasteiger partial charge in [0.05, 0.1) is 12.6 Å². The van der Waals surface area contributed by atoms with Crippen molar-refractivity contribution in [2.24, 2.45) is 0 Å². The zero-order chi connectivity index (χ0) is 18.1. The Morgan fingerprint density at radius 3 is 2.65 bits per heavy atom. The number of rotatable bonds is 4. The maximum absolute atomic E-state index is 13.6. The van der Waals surface area contributed by atoms with E-state index in [0.717, 1.165) is 35.0 Å². The number of hydrogen-bond acceptors (Lipinski definition) is 3. The molecule has 2 aliphatic rings. The predicted octanol–water partition coefficient (Wildman–Crippen LogP) is 3.59. The summed E-state index contributed by atoms with van der Waals surface area (Å²) in [5.74, 6) is -0.0534. The number of halogens is 1. The molecule has 26 heavy (non-hydrogen) atoms. The van der Waals surface area contributed by atoms with E-state index < -0.39 is 5.54 Å². The number of ether oxygens (including phenoxy) is 1. The van der Waals surface area contributed by atoms with Crippen molar-refractivity contribution in [1.82, 2.24) is 10.2 Å². The number of benzene rings is 2. The fourth-order valence-electron chi connectivity index (χ4n) is 3.70. The third-order valence-electron chi connectivity index (χ3n) is 4.98. The molecule has 2 atom stereocenters. The molecule has 2 unspecified atom stereocenters. The van der Waals surface area contributed by atoms with Gasteiger partial charge in [-0.1, -0.05) is 58.4 Å². The zero-order valence-corrected chi connectivity index (χ0v) is 16.6. The van der Waals surface area contributed by atoms with Gasteiger partial charge in [0, 0.05) is 11.1 Å². The number of amides is 1. The van der Waals surface area contributed by atoms with Gasteiger partial charge in [0.1, 0.15) is 0 Å². The Labute approximate surface area is 166 Å². The molecule has 2 fully saturated rings. The summed E-state index contributed by atoms with van der Waals surface area (Å²) in [6, 6.07) is 17.6. The van der Waals surface area contributed by atoms with Crippen molar-refractivity contribution in [2.75, 3.05) is 13.2 Å². The molecule has 6 heteroatoms. The Balaban J connectivity index is 1.79. The van der Waals surface area contributed by atoms with Crippen molar-refractivity contribution in [3.63, 3.8) is 0 Å². The fourth-order valence-corrected chi connectivity index (χ4v) is 4.41. The van der Waals surface area contributed by atoms with Gasteiger partial charge in [-0.25, -0.2) is 0 Å². The lowest BCUT2D eigenvalue weighted by molar-refractivity contribution is -0.131. The lowest BCUT2D eigenvalue weighted by atomic mass is 9.82. The Kier molecular flexibility index (Phi) is 4.82. The maximum Gasteiger partial charge on any atom is 0.263 e. The Hall–Kier alpha value is -1.76. The fraction of sp³-hybridized carbons (Fsp3) is 0.300. The predicted molar refractivity (Wildman–Crippen MR) is 108 cm³/mol. The van der Waals surface area contributed by atoms with Crippen LogP contribution in [0, 0.1) is 0 Å². The normalized spacial score (nSPS) is 25.6.